The molecule has 0 aliphatic heterocycles. The topological polar surface area (TPSA) is 47.8 Å². The fourth-order valence-electron chi connectivity index (χ4n) is 2.11. The van der Waals surface area contributed by atoms with E-state index in [9.17, 15) is 4.79 Å². The first-order valence-corrected chi connectivity index (χ1v) is 7.18. The molecule has 0 spiro atoms. The molecule has 0 saturated heterocycles. The van der Waals surface area contributed by atoms with Crippen molar-refractivity contribution in [3.63, 3.8) is 0 Å². The molecule has 0 N–H and O–H groups in total. The van der Waals surface area contributed by atoms with Crippen molar-refractivity contribution in [2.45, 2.75) is 12.5 Å². The van der Waals surface area contributed by atoms with Crippen LogP contribution in [0.15, 0.2) is 60.5 Å². The van der Waals surface area contributed by atoms with E-state index in [1.54, 1.807) is 11.0 Å². The van der Waals surface area contributed by atoms with Crippen molar-refractivity contribution >= 4 is 17.1 Å². The summed E-state index contributed by atoms with van der Waals surface area (Å²) >= 11 is 1.46. The Kier molecular flexibility index (Phi) is 3.69. The van der Waals surface area contributed by atoms with Crippen molar-refractivity contribution in [3.05, 3.63) is 70.9 Å². The molecule has 1 aromatic carbocycles. The number of nitrogens with zero attached hydrogens (tertiary/aromatic N) is 3. The van der Waals surface area contributed by atoms with Gasteiger partial charge in [0.25, 0.3) is 0 Å². The number of benzene rings is 1. The normalized spacial score (nSPS) is 12.2. The third-order valence-electron chi connectivity index (χ3n) is 3.09. The van der Waals surface area contributed by atoms with Gasteiger partial charge in [0.15, 0.2) is 5.78 Å². The summed E-state index contributed by atoms with van der Waals surface area (Å²) in [6.07, 6.45) is 3.67. The Labute approximate surface area is 120 Å². The van der Waals surface area contributed by atoms with Crippen LogP contribution in [0.1, 0.15) is 21.3 Å². The number of carbonyl (C=O) groups is 1. The fourth-order valence-corrected chi connectivity index (χ4v) is 2.82. The van der Waals surface area contributed by atoms with Crippen LogP contribution in [-0.4, -0.2) is 20.5 Å². The molecule has 1 atom stereocenters. The lowest BCUT2D eigenvalue weighted by Crippen LogP contribution is -2.22. The molecule has 5 heteroatoms. The molecular formula is C15H13N3OS. The number of rotatable bonds is 5. The first-order valence-electron chi connectivity index (χ1n) is 6.30. The van der Waals surface area contributed by atoms with E-state index in [-0.39, 0.29) is 11.8 Å². The predicted molar refractivity (Wildman–Crippen MR) is 77.9 cm³/mol. The Balaban J connectivity index is 1.91. The van der Waals surface area contributed by atoms with Gasteiger partial charge in [0.2, 0.25) is 0 Å². The van der Waals surface area contributed by atoms with Crippen LogP contribution in [0.2, 0.25) is 0 Å². The van der Waals surface area contributed by atoms with Crippen LogP contribution in [0, 0.1) is 0 Å². The van der Waals surface area contributed by atoms with Gasteiger partial charge in [0.05, 0.1) is 4.88 Å². The number of carbonyl (C=O) groups excluding carboxylic acids is 1. The van der Waals surface area contributed by atoms with Crippen LogP contribution in [0.4, 0.5) is 0 Å². The summed E-state index contributed by atoms with van der Waals surface area (Å²) in [6.45, 7) is 0. The second-order valence-corrected chi connectivity index (χ2v) is 5.37. The molecule has 0 fully saturated rings. The van der Waals surface area contributed by atoms with E-state index in [0.29, 0.717) is 6.42 Å². The summed E-state index contributed by atoms with van der Waals surface area (Å²) in [5, 5.41) is 6.04. The molecule has 0 saturated carbocycles. The maximum Gasteiger partial charge on any atom is 0.197 e. The summed E-state index contributed by atoms with van der Waals surface area (Å²) in [7, 11) is 0. The second-order valence-electron chi connectivity index (χ2n) is 4.42. The lowest BCUT2D eigenvalue weighted by molar-refractivity contribution is 0.0921. The van der Waals surface area contributed by atoms with Gasteiger partial charge in [-0.3, -0.25) is 4.79 Å². The van der Waals surface area contributed by atoms with Gasteiger partial charge in [0.1, 0.15) is 18.7 Å². The van der Waals surface area contributed by atoms with Gasteiger partial charge in [-0.15, -0.1) is 11.3 Å². The molecule has 0 bridgehead atoms. The third-order valence-corrected chi connectivity index (χ3v) is 3.98. The predicted octanol–water partition coefficient (Wildman–Crippen LogP) is 3.01. The average Bonchev–Trinajstić information content (AvgIpc) is 3.18. The molecule has 20 heavy (non-hydrogen) atoms. The van der Waals surface area contributed by atoms with Crippen LogP contribution in [0.5, 0.6) is 0 Å². The molecule has 1 unspecified atom stereocenters. The molecule has 2 heterocycles. The van der Waals surface area contributed by atoms with E-state index in [4.69, 9.17) is 0 Å². The van der Waals surface area contributed by atoms with Crippen molar-refractivity contribution in [2.75, 3.05) is 0 Å². The van der Waals surface area contributed by atoms with E-state index in [1.807, 2.05) is 47.8 Å². The number of Topliss-reactive ketones (excluding diaryl/α,β-unsaturated/α-hetero) is 1. The Morgan fingerprint density at radius 1 is 1.20 bits per heavy atom. The fraction of sp³-hybridized carbons (Fsp3) is 0.133. The van der Waals surface area contributed by atoms with Gasteiger partial charge in [-0.2, -0.15) is 5.10 Å². The van der Waals surface area contributed by atoms with Crippen LogP contribution in [-0.2, 0) is 6.42 Å². The largest absolute Gasteiger partial charge is 0.291 e. The Bertz CT molecular complexity index is 662. The second kappa shape index (κ2) is 5.79. The lowest BCUT2D eigenvalue weighted by atomic mass is 10.0. The summed E-state index contributed by atoms with van der Waals surface area (Å²) < 4.78 is 1.63. The van der Waals surface area contributed by atoms with E-state index >= 15 is 0 Å². The van der Waals surface area contributed by atoms with Gasteiger partial charge < -0.3 is 0 Å². The molecule has 0 aliphatic carbocycles. The van der Waals surface area contributed by atoms with Crippen LogP contribution >= 0.6 is 11.3 Å². The zero-order valence-corrected chi connectivity index (χ0v) is 11.5. The Hall–Kier alpha value is -2.27. The first kappa shape index (κ1) is 12.7. The zero-order valence-electron chi connectivity index (χ0n) is 10.7. The van der Waals surface area contributed by atoms with Gasteiger partial charge in [-0.05, 0) is 17.0 Å². The minimum Gasteiger partial charge on any atom is -0.291 e. The van der Waals surface area contributed by atoms with Crippen LogP contribution in [0.3, 0.4) is 0 Å². The van der Waals surface area contributed by atoms with Gasteiger partial charge in [-0.25, -0.2) is 9.67 Å². The van der Waals surface area contributed by atoms with Crippen molar-refractivity contribution in [2.24, 2.45) is 0 Å². The maximum atomic E-state index is 12.6. The lowest BCUT2D eigenvalue weighted by Gasteiger charge is -2.15. The van der Waals surface area contributed by atoms with Gasteiger partial charge >= 0.3 is 0 Å². The highest BCUT2D eigenvalue weighted by molar-refractivity contribution is 7.12. The highest BCUT2D eigenvalue weighted by atomic mass is 32.1. The van der Waals surface area contributed by atoms with Gasteiger partial charge in [-0.1, -0.05) is 36.4 Å². The van der Waals surface area contributed by atoms with E-state index < -0.39 is 0 Å². The molecule has 2 aromatic heterocycles. The number of hydrogen-bond acceptors (Lipinski definition) is 4. The smallest absolute Gasteiger partial charge is 0.197 e. The molecule has 4 nitrogen and oxygen atoms in total. The van der Waals surface area contributed by atoms with Crippen molar-refractivity contribution in [3.8, 4) is 0 Å². The maximum absolute atomic E-state index is 12.6. The number of thiophene rings is 1. The highest BCUT2D eigenvalue weighted by Crippen LogP contribution is 2.21. The number of hydrogen-bond donors (Lipinski definition) is 0. The van der Waals surface area contributed by atoms with Crippen LogP contribution < -0.4 is 0 Å². The van der Waals surface area contributed by atoms with E-state index in [0.717, 1.165) is 10.4 Å². The molecule has 0 aliphatic rings. The molecule has 3 aromatic rings. The van der Waals surface area contributed by atoms with Crippen molar-refractivity contribution < 1.29 is 4.79 Å². The number of aromatic nitrogens is 3. The molecule has 0 amide bonds. The Morgan fingerprint density at radius 3 is 2.70 bits per heavy atom. The minimum atomic E-state index is -0.349. The molecule has 3 rings (SSSR count). The molecule has 100 valence electrons. The molecular weight excluding hydrogens is 270 g/mol. The summed E-state index contributed by atoms with van der Waals surface area (Å²) in [5.41, 5.74) is 1.11. The number of ketones is 1. The first-order chi connectivity index (χ1) is 9.84. The van der Waals surface area contributed by atoms with E-state index in [2.05, 4.69) is 10.1 Å². The zero-order chi connectivity index (χ0) is 13.8. The van der Waals surface area contributed by atoms with Gasteiger partial charge in [0, 0.05) is 6.42 Å². The quantitative estimate of drug-likeness (QED) is 0.676. The SMILES string of the molecule is O=C(c1cccs1)C(Cc1ccccc1)n1cncn1. The van der Waals surface area contributed by atoms with E-state index in [1.165, 1.54) is 17.7 Å². The van der Waals surface area contributed by atoms with Crippen molar-refractivity contribution in [1.82, 2.24) is 14.8 Å². The Morgan fingerprint density at radius 2 is 2.05 bits per heavy atom. The highest BCUT2D eigenvalue weighted by Gasteiger charge is 2.23. The minimum absolute atomic E-state index is 0.0781. The summed E-state index contributed by atoms with van der Waals surface area (Å²) in [6, 6.07) is 13.3. The summed E-state index contributed by atoms with van der Waals surface area (Å²) in [4.78, 5) is 17.3. The van der Waals surface area contributed by atoms with Crippen molar-refractivity contribution in [1.29, 1.82) is 0 Å². The monoisotopic (exact) mass is 283 g/mol. The third kappa shape index (κ3) is 2.67. The molecule has 0 radical (unpaired) electrons. The van der Waals surface area contributed by atoms with Crippen LogP contribution in [0.25, 0.3) is 0 Å². The summed E-state index contributed by atoms with van der Waals surface area (Å²) in [5.74, 6) is 0.0781. The standard InChI is InChI=1S/C15H13N3OS/c19-15(14-7-4-8-20-14)13(18-11-16-10-17-18)9-12-5-2-1-3-6-12/h1-8,10-11,13H,9H2. The average molecular weight is 283 g/mol.